The zero-order valence-electron chi connectivity index (χ0n) is 11.4. The lowest BCUT2D eigenvalue weighted by Gasteiger charge is -2.26. The van der Waals surface area contributed by atoms with Gasteiger partial charge in [0.1, 0.15) is 0 Å². The molecule has 1 aromatic rings. The Hall–Kier alpha value is -1.59. The number of aliphatic hydroxyl groups is 1. The minimum atomic E-state index is -0.428. The van der Waals surface area contributed by atoms with Crippen molar-refractivity contribution in [2.24, 2.45) is 0 Å². The number of carbonyl (C=O) groups is 1. The Bertz CT molecular complexity index is 445. The van der Waals surface area contributed by atoms with Crippen molar-refractivity contribution in [3.63, 3.8) is 0 Å². The van der Waals surface area contributed by atoms with E-state index in [-0.39, 0.29) is 11.9 Å². The standard InChI is InChI=1S/C14H21N3O2/c1-16(2)8-12-7-13(18)9-17(12)14(19)10-3-5-11(15)6-4-10/h3-6,12-13,18H,7-9,15H2,1-2H3. The molecular weight excluding hydrogens is 242 g/mol. The Morgan fingerprint density at radius 1 is 1.42 bits per heavy atom. The lowest BCUT2D eigenvalue weighted by molar-refractivity contribution is 0.0699. The molecule has 1 aromatic carbocycles. The van der Waals surface area contributed by atoms with Crippen LogP contribution in [0.25, 0.3) is 0 Å². The van der Waals surface area contributed by atoms with Crippen LogP contribution in [0.1, 0.15) is 16.8 Å². The maximum Gasteiger partial charge on any atom is 0.254 e. The summed E-state index contributed by atoms with van der Waals surface area (Å²) in [5.41, 5.74) is 6.88. The predicted molar refractivity (Wildman–Crippen MR) is 74.9 cm³/mol. The lowest BCUT2D eigenvalue weighted by atomic mass is 10.1. The summed E-state index contributed by atoms with van der Waals surface area (Å²) in [5, 5.41) is 9.79. The average Bonchev–Trinajstić information content (AvgIpc) is 2.69. The second-order valence-corrected chi connectivity index (χ2v) is 5.39. The van der Waals surface area contributed by atoms with Crippen molar-refractivity contribution in [3.05, 3.63) is 29.8 Å². The zero-order chi connectivity index (χ0) is 14.0. The molecular formula is C14H21N3O2. The van der Waals surface area contributed by atoms with Crippen molar-refractivity contribution in [3.8, 4) is 0 Å². The molecule has 5 heteroatoms. The Morgan fingerprint density at radius 3 is 2.63 bits per heavy atom. The maximum absolute atomic E-state index is 12.5. The molecule has 1 saturated heterocycles. The van der Waals surface area contributed by atoms with Crippen molar-refractivity contribution >= 4 is 11.6 Å². The van der Waals surface area contributed by atoms with Crippen LogP contribution >= 0.6 is 0 Å². The van der Waals surface area contributed by atoms with Crippen LogP contribution in [0.3, 0.4) is 0 Å². The number of carbonyl (C=O) groups excluding carboxylic acids is 1. The summed E-state index contributed by atoms with van der Waals surface area (Å²) >= 11 is 0. The summed E-state index contributed by atoms with van der Waals surface area (Å²) in [6.45, 7) is 1.17. The van der Waals surface area contributed by atoms with Gasteiger partial charge in [-0.1, -0.05) is 0 Å². The first-order valence-corrected chi connectivity index (χ1v) is 6.46. The van der Waals surface area contributed by atoms with Gasteiger partial charge in [0.05, 0.1) is 6.10 Å². The summed E-state index contributed by atoms with van der Waals surface area (Å²) in [6.07, 6.45) is 0.210. The number of rotatable bonds is 3. The van der Waals surface area contributed by atoms with Crippen LogP contribution in [0.2, 0.25) is 0 Å². The molecule has 0 spiro atoms. The molecule has 1 fully saturated rings. The van der Waals surface area contributed by atoms with Gasteiger partial charge in [-0.15, -0.1) is 0 Å². The van der Waals surface area contributed by atoms with Crippen LogP contribution in [0, 0.1) is 0 Å². The fraction of sp³-hybridized carbons (Fsp3) is 0.500. The smallest absolute Gasteiger partial charge is 0.254 e. The van der Waals surface area contributed by atoms with E-state index < -0.39 is 6.10 Å². The third-order valence-electron chi connectivity index (χ3n) is 3.39. The number of anilines is 1. The van der Waals surface area contributed by atoms with Gasteiger partial charge in [0, 0.05) is 30.4 Å². The topological polar surface area (TPSA) is 69.8 Å². The molecule has 5 nitrogen and oxygen atoms in total. The molecule has 1 heterocycles. The number of nitrogens with zero attached hydrogens (tertiary/aromatic N) is 2. The zero-order valence-corrected chi connectivity index (χ0v) is 11.4. The molecule has 3 N–H and O–H groups in total. The van der Waals surface area contributed by atoms with Gasteiger partial charge in [0.2, 0.25) is 0 Å². The van der Waals surface area contributed by atoms with Crippen LogP contribution in [0.4, 0.5) is 5.69 Å². The molecule has 19 heavy (non-hydrogen) atoms. The van der Waals surface area contributed by atoms with Crippen molar-refractivity contribution in [2.75, 3.05) is 32.9 Å². The van der Waals surface area contributed by atoms with Crippen molar-refractivity contribution < 1.29 is 9.90 Å². The van der Waals surface area contributed by atoms with E-state index in [0.717, 1.165) is 6.54 Å². The number of benzene rings is 1. The fourth-order valence-electron chi connectivity index (χ4n) is 2.53. The third kappa shape index (κ3) is 3.24. The van der Waals surface area contributed by atoms with Gasteiger partial charge < -0.3 is 20.6 Å². The van der Waals surface area contributed by atoms with Crippen molar-refractivity contribution in [1.82, 2.24) is 9.80 Å². The number of amides is 1. The molecule has 0 saturated carbocycles. The van der Waals surface area contributed by atoms with E-state index in [1.165, 1.54) is 0 Å². The minimum Gasteiger partial charge on any atom is -0.399 e. The normalized spacial score (nSPS) is 23.1. The largest absolute Gasteiger partial charge is 0.399 e. The third-order valence-corrected chi connectivity index (χ3v) is 3.39. The molecule has 2 rings (SSSR count). The van der Waals surface area contributed by atoms with Crippen molar-refractivity contribution in [1.29, 1.82) is 0 Å². The number of nitrogen functional groups attached to an aromatic ring is 1. The lowest BCUT2D eigenvalue weighted by Crippen LogP contribution is -2.41. The van der Waals surface area contributed by atoms with E-state index in [1.54, 1.807) is 29.2 Å². The van der Waals surface area contributed by atoms with Gasteiger partial charge in [-0.3, -0.25) is 4.79 Å². The SMILES string of the molecule is CN(C)CC1CC(O)CN1C(=O)c1ccc(N)cc1. The van der Waals surface area contributed by atoms with Crippen molar-refractivity contribution in [2.45, 2.75) is 18.6 Å². The molecule has 0 bridgehead atoms. The Kier molecular flexibility index (Phi) is 4.07. The summed E-state index contributed by atoms with van der Waals surface area (Å²) in [5.74, 6) is -0.0385. The number of likely N-dealkylation sites (N-methyl/N-ethyl adjacent to an activating group) is 1. The molecule has 2 atom stereocenters. The first-order chi connectivity index (χ1) is 8.97. The first kappa shape index (κ1) is 13.8. The molecule has 0 aromatic heterocycles. The Balaban J connectivity index is 2.14. The number of likely N-dealkylation sites (tertiary alicyclic amines) is 1. The second-order valence-electron chi connectivity index (χ2n) is 5.39. The highest BCUT2D eigenvalue weighted by Gasteiger charge is 2.34. The predicted octanol–water partition coefficient (Wildman–Crippen LogP) is 0.406. The number of aliphatic hydroxyl groups excluding tert-OH is 1. The van der Waals surface area contributed by atoms with Crippen LogP contribution < -0.4 is 5.73 Å². The highest BCUT2D eigenvalue weighted by molar-refractivity contribution is 5.95. The van der Waals surface area contributed by atoms with Crippen LogP contribution in [-0.2, 0) is 0 Å². The van der Waals surface area contributed by atoms with Crippen LogP contribution in [0.5, 0.6) is 0 Å². The van der Waals surface area contributed by atoms with Gasteiger partial charge in [-0.25, -0.2) is 0 Å². The van der Waals surface area contributed by atoms with E-state index in [2.05, 4.69) is 0 Å². The first-order valence-electron chi connectivity index (χ1n) is 6.46. The molecule has 1 aliphatic heterocycles. The van der Waals surface area contributed by atoms with Gasteiger partial charge >= 0.3 is 0 Å². The van der Waals surface area contributed by atoms with E-state index >= 15 is 0 Å². The average molecular weight is 263 g/mol. The summed E-state index contributed by atoms with van der Waals surface area (Å²) in [7, 11) is 3.94. The van der Waals surface area contributed by atoms with E-state index in [0.29, 0.717) is 24.2 Å². The molecule has 2 unspecified atom stereocenters. The molecule has 1 amide bonds. The number of β-amino-alcohol motifs (C(OH)–C–C–N with tert-alkyl or cyclic N) is 1. The second kappa shape index (κ2) is 5.59. The van der Waals surface area contributed by atoms with E-state index in [1.807, 2.05) is 19.0 Å². The highest BCUT2D eigenvalue weighted by atomic mass is 16.3. The van der Waals surface area contributed by atoms with Gasteiger partial charge in [-0.2, -0.15) is 0 Å². The molecule has 0 radical (unpaired) electrons. The van der Waals surface area contributed by atoms with E-state index in [9.17, 15) is 9.90 Å². The quantitative estimate of drug-likeness (QED) is 0.775. The van der Waals surface area contributed by atoms with Crippen LogP contribution in [-0.4, -0.2) is 60.1 Å². The summed E-state index contributed by atoms with van der Waals surface area (Å²) in [4.78, 5) is 16.2. The monoisotopic (exact) mass is 263 g/mol. The Labute approximate surface area is 113 Å². The molecule has 0 aliphatic carbocycles. The number of nitrogens with two attached hydrogens (primary N) is 1. The minimum absolute atomic E-state index is 0.0385. The van der Waals surface area contributed by atoms with Crippen LogP contribution in [0.15, 0.2) is 24.3 Å². The molecule has 1 aliphatic rings. The summed E-state index contributed by atoms with van der Waals surface area (Å²) < 4.78 is 0. The van der Waals surface area contributed by atoms with E-state index in [4.69, 9.17) is 5.73 Å². The van der Waals surface area contributed by atoms with Gasteiger partial charge in [0.25, 0.3) is 5.91 Å². The maximum atomic E-state index is 12.5. The fourth-order valence-corrected chi connectivity index (χ4v) is 2.53. The van der Waals surface area contributed by atoms with Gasteiger partial charge in [-0.05, 0) is 44.8 Å². The Morgan fingerprint density at radius 2 is 2.05 bits per heavy atom. The summed E-state index contributed by atoms with van der Waals surface area (Å²) in [6, 6.07) is 6.97. The van der Waals surface area contributed by atoms with Gasteiger partial charge in [0.15, 0.2) is 0 Å². The number of hydrogen-bond acceptors (Lipinski definition) is 4. The highest BCUT2D eigenvalue weighted by Crippen LogP contribution is 2.21. The number of hydrogen-bond donors (Lipinski definition) is 2. The molecule has 104 valence electrons.